The van der Waals surface area contributed by atoms with E-state index in [9.17, 15) is 4.79 Å². The molecule has 1 atom stereocenters. The SMILES string of the molecule is O=C(O)CCC1CSC(c2cc3cc(Oc4ccccc4)cc(NC4CCCC4)c3[nH]2)=N1. The highest BCUT2D eigenvalue weighted by Crippen LogP contribution is 2.36. The molecule has 0 spiro atoms. The first-order chi connectivity index (χ1) is 15.6. The van der Waals surface area contributed by atoms with Crippen molar-refractivity contribution in [2.75, 3.05) is 11.1 Å². The number of aromatic nitrogens is 1. The Kier molecular flexibility index (Phi) is 6.08. The number of hydrogen-bond donors (Lipinski definition) is 3. The summed E-state index contributed by atoms with van der Waals surface area (Å²) in [5, 5.41) is 14.7. The summed E-state index contributed by atoms with van der Waals surface area (Å²) >= 11 is 1.69. The lowest BCUT2D eigenvalue weighted by atomic mass is 10.1. The first-order valence-electron chi connectivity index (χ1n) is 11.2. The zero-order chi connectivity index (χ0) is 21.9. The predicted octanol–water partition coefficient (Wildman–Crippen LogP) is 6.04. The van der Waals surface area contributed by atoms with E-state index in [0.717, 1.165) is 44.6 Å². The molecule has 1 aliphatic heterocycles. The molecule has 1 unspecified atom stereocenters. The van der Waals surface area contributed by atoms with Crippen LogP contribution in [0.4, 0.5) is 5.69 Å². The Morgan fingerprint density at radius 1 is 1.16 bits per heavy atom. The lowest BCUT2D eigenvalue weighted by molar-refractivity contribution is -0.137. The van der Waals surface area contributed by atoms with E-state index in [0.29, 0.717) is 12.5 Å². The van der Waals surface area contributed by atoms with Crippen LogP contribution in [0, 0.1) is 0 Å². The highest BCUT2D eigenvalue weighted by Gasteiger charge is 2.23. The number of nitrogens with zero attached hydrogens (tertiary/aromatic N) is 1. The van der Waals surface area contributed by atoms with E-state index in [4.69, 9.17) is 14.8 Å². The Hall–Kier alpha value is -2.93. The number of thioether (sulfide) groups is 1. The number of carbonyl (C=O) groups is 1. The van der Waals surface area contributed by atoms with Gasteiger partial charge in [-0.3, -0.25) is 9.79 Å². The van der Waals surface area contributed by atoms with Crippen molar-refractivity contribution in [2.24, 2.45) is 4.99 Å². The fourth-order valence-corrected chi connectivity index (χ4v) is 5.50. The normalized spacial score (nSPS) is 18.8. The number of anilines is 1. The maximum Gasteiger partial charge on any atom is 0.303 e. The number of benzene rings is 2. The average Bonchev–Trinajstić information content (AvgIpc) is 3.53. The predicted molar refractivity (Wildman–Crippen MR) is 130 cm³/mol. The van der Waals surface area contributed by atoms with Crippen LogP contribution >= 0.6 is 11.8 Å². The smallest absolute Gasteiger partial charge is 0.303 e. The minimum absolute atomic E-state index is 0.0607. The van der Waals surface area contributed by atoms with Crippen LogP contribution in [0.15, 0.2) is 53.5 Å². The van der Waals surface area contributed by atoms with Gasteiger partial charge in [0.1, 0.15) is 16.5 Å². The Morgan fingerprint density at radius 3 is 2.75 bits per heavy atom. The number of aromatic amines is 1. The largest absolute Gasteiger partial charge is 0.481 e. The number of aliphatic carboxylic acids is 1. The third-order valence-electron chi connectivity index (χ3n) is 6.03. The van der Waals surface area contributed by atoms with Gasteiger partial charge in [0.15, 0.2) is 0 Å². The maximum absolute atomic E-state index is 10.9. The van der Waals surface area contributed by atoms with Crippen LogP contribution in [0.3, 0.4) is 0 Å². The molecule has 0 saturated heterocycles. The fraction of sp³-hybridized carbons (Fsp3) is 0.360. The van der Waals surface area contributed by atoms with Gasteiger partial charge in [-0.05, 0) is 43.5 Å². The van der Waals surface area contributed by atoms with Gasteiger partial charge in [0.2, 0.25) is 0 Å². The number of para-hydroxylation sites is 1. The summed E-state index contributed by atoms with van der Waals surface area (Å²) < 4.78 is 6.15. The van der Waals surface area contributed by atoms with Gasteiger partial charge in [-0.2, -0.15) is 0 Å². The van der Waals surface area contributed by atoms with Crippen LogP contribution in [-0.2, 0) is 4.79 Å². The molecule has 5 rings (SSSR count). The number of carboxylic acids is 1. The summed E-state index contributed by atoms with van der Waals surface area (Å²) in [7, 11) is 0. The van der Waals surface area contributed by atoms with Gasteiger partial charge in [0.05, 0.1) is 22.9 Å². The Labute approximate surface area is 191 Å². The maximum atomic E-state index is 10.9. The summed E-state index contributed by atoms with van der Waals surface area (Å²) in [6.07, 6.45) is 5.64. The zero-order valence-corrected chi connectivity index (χ0v) is 18.7. The van der Waals surface area contributed by atoms with Crippen LogP contribution < -0.4 is 10.1 Å². The van der Waals surface area contributed by atoms with E-state index in [1.807, 2.05) is 30.3 Å². The van der Waals surface area contributed by atoms with E-state index >= 15 is 0 Å². The van der Waals surface area contributed by atoms with Crippen molar-refractivity contribution >= 4 is 39.4 Å². The van der Waals surface area contributed by atoms with Gasteiger partial charge < -0.3 is 20.1 Å². The molecule has 6 nitrogen and oxygen atoms in total. The van der Waals surface area contributed by atoms with Crippen molar-refractivity contribution in [1.82, 2.24) is 4.98 Å². The second-order valence-corrected chi connectivity index (χ2v) is 9.50. The van der Waals surface area contributed by atoms with Gasteiger partial charge in [-0.15, -0.1) is 11.8 Å². The molecule has 2 aliphatic rings. The third-order valence-corrected chi connectivity index (χ3v) is 7.18. The molecule has 7 heteroatoms. The van der Waals surface area contributed by atoms with Crippen molar-refractivity contribution in [3.05, 3.63) is 54.2 Å². The number of H-pyrrole nitrogens is 1. The number of aliphatic imine (C=N–C) groups is 1. The van der Waals surface area contributed by atoms with E-state index in [1.165, 1.54) is 25.7 Å². The summed E-state index contributed by atoms with van der Waals surface area (Å²) in [6.45, 7) is 0. The number of ether oxygens (including phenoxy) is 1. The van der Waals surface area contributed by atoms with Crippen molar-refractivity contribution in [1.29, 1.82) is 0 Å². The number of hydrogen-bond acceptors (Lipinski definition) is 5. The molecule has 32 heavy (non-hydrogen) atoms. The van der Waals surface area contributed by atoms with Crippen LogP contribution in [0.25, 0.3) is 10.9 Å². The Bertz CT molecular complexity index is 1140. The minimum Gasteiger partial charge on any atom is -0.481 e. The first-order valence-corrected chi connectivity index (χ1v) is 12.2. The average molecular weight is 450 g/mol. The summed E-state index contributed by atoms with van der Waals surface area (Å²) in [5.41, 5.74) is 3.09. The molecule has 1 aromatic heterocycles. The molecule has 2 aromatic carbocycles. The second kappa shape index (κ2) is 9.28. The van der Waals surface area contributed by atoms with E-state index < -0.39 is 5.97 Å². The van der Waals surface area contributed by atoms with E-state index in [2.05, 4.69) is 28.5 Å². The molecule has 2 heterocycles. The number of carboxylic acid groups (broad SMARTS) is 1. The van der Waals surface area contributed by atoms with Crippen molar-refractivity contribution in [3.63, 3.8) is 0 Å². The van der Waals surface area contributed by atoms with Crippen molar-refractivity contribution in [2.45, 2.75) is 50.6 Å². The fourth-order valence-electron chi connectivity index (χ4n) is 4.42. The second-order valence-electron chi connectivity index (χ2n) is 8.49. The topological polar surface area (TPSA) is 86.7 Å². The highest BCUT2D eigenvalue weighted by molar-refractivity contribution is 8.14. The van der Waals surface area contributed by atoms with Gasteiger partial charge >= 0.3 is 5.97 Å². The molecule has 1 saturated carbocycles. The zero-order valence-electron chi connectivity index (χ0n) is 17.8. The summed E-state index contributed by atoms with van der Waals surface area (Å²) in [6, 6.07) is 16.6. The van der Waals surface area contributed by atoms with E-state index in [1.54, 1.807) is 11.8 Å². The molecule has 1 fully saturated rings. The van der Waals surface area contributed by atoms with Gasteiger partial charge in [-0.1, -0.05) is 31.0 Å². The quantitative estimate of drug-likeness (QED) is 0.390. The standard InChI is InChI=1S/C25H27N3O3S/c29-23(30)11-10-18-15-32-25(27-18)22-13-16-12-20(31-19-8-2-1-3-9-19)14-21(24(16)28-22)26-17-6-4-5-7-17/h1-3,8-9,12-14,17-18,26,28H,4-7,10-11,15H2,(H,29,30). The van der Waals surface area contributed by atoms with Crippen molar-refractivity contribution in [3.8, 4) is 11.5 Å². The third kappa shape index (κ3) is 4.78. The summed E-state index contributed by atoms with van der Waals surface area (Å²) in [5.74, 6) is 1.67. The lowest BCUT2D eigenvalue weighted by Crippen LogP contribution is -2.14. The molecule has 3 aromatic rings. The van der Waals surface area contributed by atoms with Gasteiger partial charge in [-0.25, -0.2) is 0 Å². The molecule has 0 bridgehead atoms. The molecule has 166 valence electrons. The van der Waals surface area contributed by atoms with Gasteiger partial charge in [0, 0.05) is 29.7 Å². The molecule has 1 aliphatic carbocycles. The lowest BCUT2D eigenvalue weighted by Gasteiger charge is -2.16. The first kappa shape index (κ1) is 20.9. The molecular formula is C25H27N3O3S. The summed E-state index contributed by atoms with van der Waals surface area (Å²) in [4.78, 5) is 19.2. The number of nitrogens with one attached hydrogen (secondary N) is 2. The molecule has 0 amide bonds. The van der Waals surface area contributed by atoms with Crippen LogP contribution in [0.5, 0.6) is 11.5 Å². The van der Waals surface area contributed by atoms with Crippen LogP contribution in [0.1, 0.15) is 44.2 Å². The molecule has 3 N–H and O–H groups in total. The molecule has 0 radical (unpaired) electrons. The highest BCUT2D eigenvalue weighted by atomic mass is 32.2. The Morgan fingerprint density at radius 2 is 1.97 bits per heavy atom. The van der Waals surface area contributed by atoms with Crippen molar-refractivity contribution < 1.29 is 14.6 Å². The minimum atomic E-state index is -0.766. The number of fused-ring (bicyclic) bond motifs is 1. The Balaban J connectivity index is 1.46. The van der Waals surface area contributed by atoms with Gasteiger partial charge in [0.25, 0.3) is 0 Å². The van der Waals surface area contributed by atoms with Crippen LogP contribution in [-0.4, -0.2) is 38.9 Å². The van der Waals surface area contributed by atoms with E-state index in [-0.39, 0.29) is 12.5 Å². The van der Waals surface area contributed by atoms with Crippen LogP contribution in [0.2, 0.25) is 0 Å². The molecular weight excluding hydrogens is 422 g/mol. The monoisotopic (exact) mass is 449 g/mol. The number of rotatable bonds is 8.